The van der Waals surface area contributed by atoms with Gasteiger partial charge < -0.3 is 16.0 Å². The Morgan fingerprint density at radius 3 is 2.58 bits per heavy atom. The lowest BCUT2D eigenvalue weighted by molar-refractivity contribution is -0.124. The molecule has 0 spiro atoms. The number of guanidine groups is 1. The molecule has 1 aromatic carbocycles. The van der Waals surface area contributed by atoms with Crippen LogP contribution in [-0.4, -0.2) is 56.0 Å². The number of benzene rings is 1. The van der Waals surface area contributed by atoms with E-state index in [0.717, 1.165) is 6.54 Å². The van der Waals surface area contributed by atoms with E-state index in [1.165, 1.54) is 16.0 Å². The van der Waals surface area contributed by atoms with Crippen LogP contribution in [-0.2, 0) is 4.79 Å². The van der Waals surface area contributed by atoms with Crippen molar-refractivity contribution in [3.63, 3.8) is 0 Å². The van der Waals surface area contributed by atoms with E-state index >= 15 is 0 Å². The lowest BCUT2D eigenvalue weighted by Gasteiger charge is -2.18. The fourth-order valence-electron chi connectivity index (χ4n) is 2.45. The third-order valence-corrected chi connectivity index (χ3v) is 4.01. The van der Waals surface area contributed by atoms with Crippen LogP contribution in [0.1, 0.15) is 24.0 Å². The van der Waals surface area contributed by atoms with Gasteiger partial charge in [0, 0.05) is 26.7 Å². The van der Waals surface area contributed by atoms with Gasteiger partial charge in [-0.15, -0.1) is 0 Å². The third-order valence-electron chi connectivity index (χ3n) is 4.01. The number of carbonyl (C=O) groups excluding carboxylic acids is 2. The first-order valence-corrected chi connectivity index (χ1v) is 8.10. The van der Waals surface area contributed by atoms with Crippen molar-refractivity contribution in [3.8, 4) is 0 Å². The number of hydrogen-bond donors (Lipinski definition) is 3. The maximum absolute atomic E-state index is 11.5. The highest BCUT2D eigenvalue weighted by molar-refractivity contribution is 6.01. The Labute approximate surface area is 142 Å². The van der Waals surface area contributed by atoms with Crippen molar-refractivity contribution in [1.29, 1.82) is 0 Å². The van der Waals surface area contributed by atoms with Gasteiger partial charge in [-0.3, -0.25) is 14.7 Å². The summed E-state index contributed by atoms with van der Waals surface area (Å²) in [5, 5.41) is 8.88. The van der Waals surface area contributed by atoms with E-state index in [1.807, 2.05) is 0 Å². The molecule has 0 aromatic heterocycles. The maximum Gasteiger partial charge on any atom is 0.324 e. The van der Waals surface area contributed by atoms with Gasteiger partial charge in [0.05, 0.1) is 6.54 Å². The van der Waals surface area contributed by atoms with Gasteiger partial charge in [-0.1, -0.05) is 36.8 Å². The van der Waals surface area contributed by atoms with Crippen molar-refractivity contribution in [2.75, 3.05) is 33.2 Å². The molecule has 24 heavy (non-hydrogen) atoms. The third kappa shape index (κ3) is 4.71. The van der Waals surface area contributed by atoms with Gasteiger partial charge in [-0.2, -0.15) is 0 Å². The summed E-state index contributed by atoms with van der Waals surface area (Å²) in [7, 11) is 1.69. The average molecular weight is 331 g/mol. The standard InChI is InChI=1S/C17H25N5O2/c1-12-4-6-14(7-5-12)13(2)10-20-16(18-3)19-8-9-22-15(23)11-21-17(22)24/h4-7,13H,8-11H2,1-3H3,(H,21,24)(H2,18,19,20). The molecule has 0 aliphatic carbocycles. The first-order chi connectivity index (χ1) is 11.5. The van der Waals surface area contributed by atoms with E-state index in [9.17, 15) is 9.59 Å². The molecule has 1 unspecified atom stereocenters. The van der Waals surface area contributed by atoms with Crippen molar-refractivity contribution in [2.45, 2.75) is 19.8 Å². The van der Waals surface area contributed by atoms with Crippen LogP contribution in [0.25, 0.3) is 0 Å². The SMILES string of the molecule is CN=C(NCCN1C(=O)CNC1=O)NCC(C)c1ccc(C)cc1. The van der Waals surface area contributed by atoms with Crippen LogP contribution in [0.3, 0.4) is 0 Å². The average Bonchev–Trinajstić information content (AvgIpc) is 2.90. The van der Waals surface area contributed by atoms with Crippen molar-refractivity contribution in [3.05, 3.63) is 35.4 Å². The monoisotopic (exact) mass is 331 g/mol. The van der Waals surface area contributed by atoms with Crippen LogP contribution in [0.2, 0.25) is 0 Å². The number of nitrogens with zero attached hydrogens (tertiary/aromatic N) is 2. The number of carbonyl (C=O) groups is 2. The Morgan fingerprint density at radius 2 is 2.00 bits per heavy atom. The number of urea groups is 1. The molecular formula is C17H25N5O2. The molecule has 1 atom stereocenters. The maximum atomic E-state index is 11.5. The second-order valence-corrected chi connectivity index (χ2v) is 5.90. The van der Waals surface area contributed by atoms with Crippen LogP contribution in [0, 0.1) is 6.92 Å². The van der Waals surface area contributed by atoms with Gasteiger partial charge in [0.2, 0.25) is 5.91 Å². The molecule has 0 saturated carbocycles. The number of hydrogen-bond acceptors (Lipinski definition) is 3. The largest absolute Gasteiger partial charge is 0.356 e. The molecule has 2 rings (SSSR count). The van der Waals surface area contributed by atoms with Crippen LogP contribution < -0.4 is 16.0 Å². The van der Waals surface area contributed by atoms with E-state index < -0.39 is 0 Å². The van der Waals surface area contributed by atoms with E-state index in [4.69, 9.17) is 0 Å². The van der Waals surface area contributed by atoms with E-state index in [0.29, 0.717) is 25.0 Å². The van der Waals surface area contributed by atoms with E-state index in [1.54, 1.807) is 7.05 Å². The van der Waals surface area contributed by atoms with Gasteiger partial charge in [0.25, 0.3) is 0 Å². The minimum atomic E-state index is -0.335. The molecule has 7 nitrogen and oxygen atoms in total. The molecule has 1 aliphatic heterocycles. The van der Waals surface area contributed by atoms with E-state index in [-0.39, 0.29) is 18.5 Å². The Balaban J connectivity index is 1.75. The number of aryl methyl sites for hydroxylation is 1. The smallest absolute Gasteiger partial charge is 0.324 e. The summed E-state index contributed by atoms with van der Waals surface area (Å²) < 4.78 is 0. The zero-order valence-electron chi connectivity index (χ0n) is 14.4. The number of nitrogens with one attached hydrogen (secondary N) is 3. The molecule has 3 N–H and O–H groups in total. The van der Waals surface area contributed by atoms with Gasteiger partial charge in [0.15, 0.2) is 5.96 Å². The van der Waals surface area contributed by atoms with Gasteiger partial charge in [-0.05, 0) is 18.4 Å². The number of aliphatic imine (C=N–C) groups is 1. The van der Waals surface area contributed by atoms with Crippen LogP contribution >= 0.6 is 0 Å². The first-order valence-electron chi connectivity index (χ1n) is 8.10. The van der Waals surface area contributed by atoms with Crippen molar-refractivity contribution in [2.24, 2.45) is 4.99 Å². The quantitative estimate of drug-likeness (QED) is 0.409. The summed E-state index contributed by atoms with van der Waals surface area (Å²) in [6.45, 7) is 5.82. The first kappa shape index (κ1) is 17.8. The molecule has 0 bridgehead atoms. The van der Waals surface area contributed by atoms with Crippen molar-refractivity contribution in [1.82, 2.24) is 20.9 Å². The molecule has 1 saturated heterocycles. The van der Waals surface area contributed by atoms with Gasteiger partial charge >= 0.3 is 6.03 Å². The Bertz CT molecular complexity index is 596. The number of imide groups is 1. The lowest BCUT2D eigenvalue weighted by Crippen LogP contribution is -2.44. The fourth-order valence-corrected chi connectivity index (χ4v) is 2.45. The van der Waals surface area contributed by atoms with Crippen LogP contribution in [0.4, 0.5) is 4.79 Å². The predicted molar refractivity (Wildman–Crippen MR) is 94.1 cm³/mol. The minimum Gasteiger partial charge on any atom is -0.356 e. The van der Waals surface area contributed by atoms with Gasteiger partial charge in [0.1, 0.15) is 0 Å². The Kier molecular flexibility index (Phi) is 6.17. The Morgan fingerprint density at radius 1 is 1.29 bits per heavy atom. The van der Waals surface area contributed by atoms with Crippen molar-refractivity contribution < 1.29 is 9.59 Å². The molecule has 0 radical (unpaired) electrons. The minimum absolute atomic E-state index is 0.0832. The molecule has 1 heterocycles. The Hall–Kier alpha value is -2.57. The highest BCUT2D eigenvalue weighted by Gasteiger charge is 2.27. The second kappa shape index (κ2) is 8.33. The zero-order chi connectivity index (χ0) is 17.5. The molecule has 1 aromatic rings. The van der Waals surface area contributed by atoms with E-state index in [2.05, 4.69) is 59.1 Å². The summed E-state index contributed by atoms with van der Waals surface area (Å²) in [5.41, 5.74) is 2.51. The molecule has 7 heteroatoms. The highest BCUT2D eigenvalue weighted by atomic mass is 16.2. The second-order valence-electron chi connectivity index (χ2n) is 5.90. The zero-order valence-corrected chi connectivity index (χ0v) is 14.4. The van der Waals surface area contributed by atoms with Crippen molar-refractivity contribution >= 4 is 17.9 Å². The summed E-state index contributed by atoms with van der Waals surface area (Å²) in [5.74, 6) is 0.800. The topological polar surface area (TPSA) is 85.8 Å². The number of amides is 3. The summed E-state index contributed by atoms with van der Waals surface area (Å²) in [4.78, 5) is 28.3. The molecule has 3 amide bonds. The fraction of sp³-hybridized carbons (Fsp3) is 0.471. The summed E-state index contributed by atoms with van der Waals surface area (Å²) >= 11 is 0. The summed E-state index contributed by atoms with van der Waals surface area (Å²) in [6.07, 6.45) is 0. The molecule has 1 fully saturated rings. The van der Waals surface area contributed by atoms with Crippen LogP contribution in [0.15, 0.2) is 29.3 Å². The lowest BCUT2D eigenvalue weighted by atomic mass is 10.0. The molecular weight excluding hydrogens is 306 g/mol. The van der Waals surface area contributed by atoms with Gasteiger partial charge in [-0.25, -0.2) is 4.79 Å². The normalized spacial score (nSPS) is 16.1. The summed E-state index contributed by atoms with van der Waals surface area (Å²) in [6, 6.07) is 8.15. The predicted octanol–water partition coefficient (Wildman–Crippen LogP) is 0.815. The molecule has 130 valence electrons. The molecule has 1 aliphatic rings. The number of rotatable bonds is 6. The van der Waals surface area contributed by atoms with Crippen LogP contribution in [0.5, 0.6) is 0 Å². The highest BCUT2D eigenvalue weighted by Crippen LogP contribution is 2.14.